The topological polar surface area (TPSA) is 438 Å². The van der Waals surface area contributed by atoms with E-state index in [0.717, 1.165) is 194 Å². The second-order valence-electron chi connectivity index (χ2n) is 35.3. The predicted octanol–water partition coefficient (Wildman–Crippen LogP) is 12.6. The Morgan fingerprint density at radius 2 is 1.02 bits per heavy atom. The number of benzene rings is 5. The maximum absolute atomic E-state index is 12.3. The van der Waals surface area contributed by atoms with Gasteiger partial charge < -0.3 is 55.2 Å². The number of imide groups is 1. The number of unbranched alkanes of at least 4 members (excludes halogenated alkanes) is 6. The van der Waals surface area contributed by atoms with Crippen molar-refractivity contribution in [2.24, 2.45) is 28.6 Å². The first kappa shape index (κ1) is 102. The van der Waals surface area contributed by atoms with Gasteiger partial charge in [-0.2, -0.15) is 0 Å². The smallest absolute Gasteiger partial charge is 0.412 e. The van der Waals surface area contributed by atoms with E-state index in [9.17, 15) is 24.6 Å². The van der Waals surface area contributed by atoms with Crippen LogP contribution in [0.5, 0.6) is 5.75 Å². The van der Waals surface area contributed by atoms with E-state index in [1.165, 1.54) is 21.7 Å². The van der Waals surface area contributed by atoms with Crippen LogP contribution in [-0.2, 0) is 69.2 Å². The number of nitrogens with zero attached hydrogens (tertiary/aromatic N) is 21. The van der Waals surface area contributed by atoms with Crippen LogP contribution >= 0.6 is 11.6 Å². The van der Waals surface area contributed by atoms with Gasteiger partial charge in [-0.05, 0) is 238 Å². The lowest BCUT2D eigenvalue weighted by molar-refractivity contribution is -0.131. The lowest BCUT2D eigenvalue weighted by Crippen LogP contribution is -2.53. The lowest BCUT2D eigenvalue weighted by Gasteiger charge is -2.58. The predicted molar refractivity (Wildman–Crippen MR) is 504 cm³/mol. The third kappa shape index (κ3) is 28.6. The first-order chi connectivity index (χ1) is 64.4. The van der Waals surface area contributed by atoms with Crippen molar-refractivity contribution in [1.82, 2.24) is 99.8 Å². The molecular formula is C97H133ClN22O13. The Morgan fingerprint density at radius 1 is 0.534 bits per heavy atom. The summed E-state index contributed by atoms with van der Waals surface area (Å²) < 4.78 is 21.0. The van der Waals surface area contributed by atoms with Crippen molar-refractivity contribution in [1.29, 1.82) is 0 Å². The molecule has 6 aromatic heterocycles. The molecule has 8 atom stereocenters. The summed E-state index contributed by atoms with van der Waals surface area (Å²) in [5.41, 5.74) is 11.2. The molecule has 5 aliphatic rings. The first-order valence-electron chi connectivity index (χ1n) is 46.4. The van der Waals surface area contributed by atoms with E-state index < -0.39 is 17.8 Å². The van der Waals surface area contributed by atoms with E-state index in [2.05, 4.69) is 152 Å². The number of methoxy groups -OCH3 is 1. The number of allylic oxidation sites excluding steroid dienone is 1. The number of halogens is 1. The van der Waals surface area contributed by atoms with Crippen molar-refractivity contribution in [3.63, 3.8) is 0 Å². The summed E-state index contributed by atoms with van der Waals surface area (Å²) in [4.78, 5) is 41.8. The minimum Gasteiger partial charge on any atom is -0.497 e. The Kier molecular flexibility index (Phi) is 39.3. The van der Waals surface area contributed by atoms with Crippen LogP contribution in [0.15, 0.2) is 176 Å². The van der Waals surface area contributed by atoms with Crippen LogP contribution in [0.4, 0.5) is 16.2 Å². The summed E-state index contributed by atoms with van der Waals surface area (Å²) in [6, 6.07) is 40.0. The van der Waals surface area contributed by atoms with E-state index in [1.807, 2.05) is 83.3 Å². The fourth-order valence-electron chi connectivity index (χ4n) is 18.1. The summed E-state index contributed by atoms with van der Waals surface area (Å²) in [5.74, 6) is 2.00. The Labute approximate surface area is 782 Å². The summed E-state index contributed by atoms with van der Waals surface area (Å²) in [5, 5.41) is 128. The Morgan fingerprint density at radius 3 is 1.56 bits per heavy atom. The van der Waals surface area contributed by atoms with E-state index in [0.29, 0.717) is 76.9 Å². The van der Waals surface area contributed by atoms with E-state index >= 15 is 0 Å². The summed E-state index contributed by atoms with van der Waals surface area (Å²) in [6.07, 6.45) is 30.1. The van der Waals surface area contributed by atoms with Gasteiger partial charge in [-0.25, -0.2) is 4.79 Å². The number of amides is 3. The molecule has 36 heteroatoms. The number of rotatable bonds is 38. The molecule has 716 valence electrons. The van der Waals surface area contributed by atoms with Crippen molar-refractivity contribution in [2.75, 3.05) is 78.1 Å². The molecule has 7 heterocycles. The fraction of sp³-hybridized carbons (Fsp3) is 0.515. The number of aliphatic hydroxyl groups is 8. The number of aromatic nitrogens is 18. The molecule has 1 aliphatic heterocycles. The molecule has 9 N–H and O–H groups in total. The molecule has 3 amide bonds. The summed E-state index contributed by atoms with van der Waals surface area (Å²) >= 11 is 5.86. The highest BCUT2D eigenvalue weighted by molar-refractivity contribution is 6.30. The molecular weight excluding hydrogens is 1720 g/mol. The highest BCUT2D eigenvalue weighted by Gasteiger charge is 2.65. The maximum atomic E-state index is 12.3. The number of anilines is 2. The number of carbonyl (C=O) groups excluding carboxylic acids is 3. The molecule has 0 radical (unpaired) electrons. The average Bonchev–Trinajstić information content (AvgIpc) is 1.56. The maximum Gasteiger partial charge on any atom is 0.412 e. The van der Waals surface area contributed by atoms with Gasteiger partial charge in [0.1, 0.15) is 45.9 Å². The van der Waals surface area contributed by atoms with Crippen LogP contribution in [0.3, 0.4) is 0 Å². The molecule has 3 saturated carbocycles. The SMILES string of the molecule is CC(OC(=O)Nc1cccc(Cl)c1)c1cn(CCCCO)nn1.CN(C)c1ccc(-c2cn(CCCCO)nn2)cc1.CN(Cc1ccccc1)Cc1cn(CCCCO)nn1.COc1ccc(-c2cn(CCCCO)nn2)cc1.C[C@@]12CC[C@@H](O)CC1=CC[C@H]1[C@H]2CC[C@]2(C)[C@@H]1CC[C@]2(O)c1cn(CCCCO)nn1.O=C1c2ccccc2C(=O)N1Cc1cn(CCCCO)nn1. The van der Waals surface area contributed by atoms with E-state index in [-0.39, 0.29) is 74.9 Å². The van der Waals surface area contributed by atoms with Gasteiger partial charge in [0.2, 0.25) is 0 Å². The van der Waals surface area contributed by atoms with Gasteiger partial charge in [0.05, 0.1) is 67.6 Å². The molecule has 11 aromatic rings. The number of hydrogen-bond donors (Lipinski definition) is 9. The van der Waals surface area contributed by atoms with Gasteiger partial charge in [-0.1, -0.05) is 129 Å². The number of carbonyl (C=O) groups is 3. The van der Waals surface area contributed by atoms with Crippen LogP contribution < -0.4 is 15.0 Å². The van der Waals surface area contributed by atoms with Crippen LogP contribution in [0.2, 0.25) is 5.02 Å². The van der Waals surface area contributed by atoms with Gasteiger partial charge in [-0.15, -0.1) is 30.6 Å². The van der Waals surface area contributed by atoms with Gasteiger partial charge in [0, 0.05) is 145 Å². The minimum atomic E-state index is -0.911. The molecule has 4 aliphatic carbocycles. The fourth-order valence-corrected chi connectivity index (χ4v) is 18.3. The third-order valence-corrected chi connectivity index (χ3v) is 25.8. The van der Waals surface area contributed by atoms with Crippen molar-refractivity contribution < 1.29 is 64.7 Å². The zero-order chi connectivity index (χ0) is 94.7. The zero-order valence-corrected chi connectivity index (χ0v) is 78.4. The number of fused-ring (bicyclic) bond motifs is 6. The van der Waals surface area contributed by atoms with Crippen LogP contribution in [0, 0.1) is 28.6 Å². The molecule has 133 heavy (non-hydrogen) atoms. The number of aliphatic hydroxyl groups excluding tert-OH is 7. The zero-order valence-electron chi connectivity index (χ0n) is 77.7. The molecule has 35 nitrogen and oxygen atoms in total. The van der Waals surface area contributed by atoms with Crippen LogP contribution in [-0.4, -0.2) is 233 Å². The van der Waals surface area contributed by atoms with Crippen molar-refractivity contribution in [2.45, 2.75) is 226 Å². The number of hydrogen-bond acceptors (Lipinski definition) is 27. The standard InChI is InChI=1S/C25H39N3O3.C15H19ClN4O3.C15H16N4O3.C15H22N4O.C14H20N4O.C13H17N3O2/c1-23-10-7-18(30)15-17(23)5-6-19-20(23)8-11-24(2)21(19)9-12-25(24,31)22-16-28(27-26-22)13-3-4-14-29;1-11(14-10-20(19-18-14)7-2-3-8-21)23-15(22)17-13-6-4-5-12(16)9-13;20-8-4-3-7-18-9-11(16-17-18)10-19-14(21)12-5-1-2-6-13(12)15(19)22;1-18(11-14-7-3-2-4-8-14)12-15-13-19(17-16-15)9-5-6-10-20;1-17(2)13-7-5-12(6-8-13)14-11-18(16-15-14)9-3-4-10-19;1-18-12-6-4-11(5-7-12)13-10-16(15-14-13)8-2-3-9-17/h5,16,18-21,29-31H,3-4,6-15H2,1-2H3;4-6,9-11,21H,2-3,7-8H2,1H3,(H,17,22);1-2,5-6,9,20H,3-4,7-8,10H2;2-4,7-8,13,20H,5-6,9-12H2,1H3;5-8,11,19H,3-4,9-10H2,1-2H3;4-7,10,17H,2-3,8-9H2,1H3/t18-,19+,20-,21-,23-,24-,25+;;;;;/m1...../s1. The molecule has 0 saturated heterocycles. The Hall–Kier alpha value is -11.4. The molecule has 5 aromatic carbocycles. The van der Waals surface area contributed by atoms with Crippen LogP contribution in [0.25, 0.3) is 22.5 Å². The average molecular weight is 1850 g/mol. The molecule has 0 spiro atoms. The largest absolute Gasteiger partial charge is 0.497 e. The second-order valence-corrected chi connectivity index (χ2v) is 35.7. The number of nitrogens with one attached hydrogen (secondary N) is 1. The van der Waals surface area contributed by atoms with Crippen molar-refractivity contribution in [3.8, 4) is 28.3 Å². The van der Waals surface area contributed by atoms with Gasteiger partial charge in [0.25, 0.3) is 11.8 Å². The van der Waals surface area contributed by atoms with E-state index in [1.54, 1.807) is 89.0 Å². The highest BCUT2D eigenvalue weighted by atomic mass is 35.5. The molecule has 1 unspecified atom stereocenters. The molecule has 3 fully saturated rings. The quantitative estimate of drug-likeness (QED) is 0.00986. The monoisotopic (exact) mass is 1850 g/mol. The Balaban J connectivity index is 0.000000155. The van der Waals surface area contributed by atoms with Crippen LogP contribution in [0.1, 0.15) is 204 Å². The second kappa shape index (κ2) is 51.2. The van der Waals surface area contributed by atoms with E-state index in [4.69, 9.17) is 51.7 Å². The van der Waals surface area contributed by atoms with Gasteiger partial charge in [0.15, 0.2) is 0 Å². The molecule has 16 rings (SSSR count). The van der Waals surface area contributed by atoms with Crippen molar-refractivity contribution >= 4 is 40.9 Å². The number of ether oxygens (including phenoxy) is 2. The normalized spacial score (nSPS) is 19.3. The Bertz CT molecular complexity index is 5340. The third-order valence-electron chi connectivity index (χ3n) is 25.5. The summed E-state index contributed by atoms with van der Waals surface area (Å²) in [6.45, 7) is 13.9. The number of aryl methyl sites for hydroxylation is 6. The summed E-state index contributed by atoms with van der Waals surface area (Å²) in [7, 11) is 7.77. The van der Waals surface area contributed by atoms with Crippen molar-refractivity contribution in [3.05, 3.63) is 221 Å². The first-order valence-corrected chi connectivity index (χ1v) is 46.8. The van der Waals surface area contributed by atoms with Gasteiger partial charge >= 0.3 is 6.09 Å². The highest BCUT2D eigenvalue weighted by Crippen LogP contribution is 2.69. The lowest BCUT2D eigenvalue weighted by atomic mass is 9.47. The molecule has 0 bridgehead atoms. The van der Waals surface area contributed by atoms with Gasteiger partial charge in [-0.3, -0.25) is 52.8 Å². The minimum absolute atomic E-state index is 0.117.